The van der Waals surface area contributed by atoms with Crippen molar-refractivity contribution in [3.05, 3.63) is 23.8 Å². The third-order valence-electron chi connectivity index (χ3n) is 2.26. The third-order valence-corrected chi connectivity index (χ3v) is 2.26. The van der Waals surface area contributed by atoms with E-state index >= 15 is 0 Å². The summed E-state index contributed by atoms with van der Waals surface area (Å²) in [6.45, 7) is 5.91. The molecule has 0 unspecified atom stereocenters. The normalized spacial score (nSPS) is 9.63. The van der Waals surface area contributed by atoms with Crippen LogP contribution in [0.1, 0.15) is 19.4 Å². The van der Waals surface area contributed by atoms with Gasteiger partial charge in [-0.15, -0.1) is 0 Å². The Kier molecular flexibility index (Phi) is 5.66. The topological polar surface area (TPSA) is 76.7 Å². The molecule has 0 bridgehead atoms. The SMILES string of the molecule is CCOC(=O)Nc1ccc(NC(=O)OCC)c(C)c1. The van der Waals surface area contributed by atoms with Crippen LogP contribution in [0.5, 0.6) is 0 Å². The summed E-state index contributed by atoms with van der Waals surface area (Å²) in [6, 6.07) is 5.10. The van der Waals surface area contributed by atoms with Gasteiger partial charge < -0.3 is 9.47 Å². The van der Waals surface area contributed by atoms with Crippen molar-refractivity contribution in [3.8, 4) is 0 Å². The largest absolute Gasteiger partial charge is 0.450 e. The Morgan fingerprint density at radius 1 is 1.05 bits per heavy atom. The quantitative estimate of drug-likeness (QED) is 0.877. The van der Waals surface area contributed by atoms with Crippen molar-refractivity contribution < 1.29 is 19.1 Å². The Hall–Kier alpha value is -2.24. The number of aryl methyl sites for hydroxylation is 1. The lowest BCUT2D eigenvalue weighted by molar-refractivity contribution is 0.167. The molecule has 2 N–H and O–H groups in total. The van der Waals surface area contributed by atoms with E-state index in [1.54, 1.807) is 32.0 Å². The molecule has 0 heterocycles. The molecule has 0 saturated carbocycles. The molecule has 0 aliphatic carbocycles. The van der Waals surface area contributed by atoms with Gasteiger partial charge in [0.25, 0.3) is 0 Å². The zero-order chi connectivity index (χ0) is 14.3. The number of nitrogens with one attached hydrogen (secondary N) is 2. The molecule has 104 valence electrons. The molecule has 0 radical (unpaired) electrons. The molecule has 0 atom stereocenters. The highest BCUT2D eigenvalue weighted by molar-refractivity contribution is 5.88. The summed E-state index contributed by atoms with van der Waals surface area (Å²) in [5, 5.41) is 5.20. The maximum Gasteiger partial charge on any atom is 0.411 e. The lowest BCUT2D eigenvalue weighted by Gasteiger charge is -2.10. The summed E-state index contributed by atoms with van der Waals surface area (Å²) in [5.74, 6) is 0. The molecule has 0 aliphatic heterocycles. The van der Waals surface area contributed by atoms with Crippen LogP contribution in [0.3, 0.4) is 0 Å². The van der Waals surface area contributed by atoms with Crippen molar-refractivity contribution in [2.75, 3.05) is 23.8 Å². The Bertz CT molecular complexity index is 460. The molecule has 0 spiro atoms. The van der Waals surface area contributed by atoms with E-state index in [9.17, 15) is 9.59 Å². The number of ether oxygens (including phenoxy) is 2. The van der Waals surface area contributed by atoms with Crippen LogP contribution in [-0.4, -0.2) is 25.4 Å². The highest BCUT2D eigenvalue weighted by Crippen LogP contribution is 2.20. The van der Waals surface area contributed by atoms with Crippen LogP contribution in [0.25, 0.3) is 0 Å². The van der Waals surface area contributed by atoms with Crippen LogP contribution in [0.2, 0.25) is 0 Å². The molecule has 0 fully saturated rings. The van der Waals surface area contributed by atoms with E-state index in [0.29, 0.717) is 24.6 Å². The molecule has 1 aromatic rings. The number of carbonyl (C=O) groups is 2. The van der Waals surface area contributed by atoms with Crippen molar-refractivity contribution in [2.45, 2.75) is 20.8 Å². The van der Waals surface area contributed by atoms with Crippen molar-refractivity contribution in [1.29, 1.82) is 0 Å². The molecule has 6 heteroatoms. The zero-order valence-electron chi connectivity index (χ0n) is 11.3. The highest BCUT2D eigenvalue weighted by atomic mass is 16.6. The molecule has 0 aromatic heterocycles. The van der Waals surface area contributed by atoms with Gasteiger partial charge in [-0.1, -0.05) is 0 Å². The van der Waals surface area contributed by atoms with Gasteiger partial charge in [0, 0.05) is 11.4 Å². The number of anilines is 2. The van der Waals surface area contributed by atoms with Crippen LogP contribution in [0, 0.1) is 6.92 Å². The van der Waals surface area contributed by atoms with Crippen molar-refractivity contribution in [3.63, 3.8) is 0 Å². The predicted octanol–water partition coefficient (Wildman–Crippen LogP) is 3.13. The third kappa shape index (κ3) is 4.87. The maximum atomic E-state index is 11.3. The second kappa shape index (κ2) is 7.25. The summed E-state index contributed by atoms with van der Waals surface area (Å²) in [6.07, 6.45) is -1.01. The molecule has 1 rings (SSSR count). The lowest BCUT2D eigenvalue weighted by atomic mass is 10.2. The van der Waals surface area contributed by atoms with Gasteiger partial charge in [-0.2, -0.15) is 0 Å². The minimum atomic E-state index is -0.506. The van der Waals surface area contributed by atoms with Gasteiger partial charge in [-0.25, -0.2) is 9.59 Å². The number of carbonyl (C=O) groups excluding carboxylic acids is 2. The van der Waals surface area contributed by atoms with E-state index in [1.165, 1.54) is 0 Å². The molecule has 2 amide bonds. The number of amides is 2. The smallest absolute Gasteiger partial charge is 0.411 e. The van der Waals surface area contributed by atoms with Crippen LogP contribution < -0.4 is 10.6 Å². The number of hydrogen-bond donors (Lipinski definition) is 2. The first-order valence-corrected chi connectivity index (χ1v) is 6.05. The average Bonchev–Trinajstić information content (AvgIpc) is 2.33. The summed E-state index contributed by atoms with van der Waals surface area (Å²) >= 11 is 0. The van der Waals surface area contributed by atoms with Gasteiger partial charge in [-0.05, 0) is 44.5 Å². The second-order valence-corrected chi connectivity index (χ2v) is 3.72. The minimum absolute atomic E-state index is 0.313. The standard InChI is InChI=1S/C13H18N2O4/c1-4-18-12(16)14-10-6-7-11(9(3)8-10)15-13(17)19-5-2/h6-8H,4-5H2,1-3H3,(H,14,16)(H,15,17). The van der Waals surface area contributed by atoms with Crippen molar-refractivity contribution in [1.82, 2.24) is 0 Å². The summed E-state index contributed by atoms with van der Waals surface area (Å²) in [5.41, 5.74) is 2.04. The fraction of sp³-hybridized carbons (Fsp3) is 0.385. The molecule has 1 aromatic carbocycles. The van der Waals surface area contributed by atoms with Crippen molar-refractivity contribution in [2.24, 2.45) is 0 Å². The number of hydrogen-bond acceptors (Lipinski definition) is 4. The highest BCUT2D eigenvalue weighted by Gasteiger charge is 2.07. The fourth-order valence-corrected chi connectivity index (χ4v) is 1.44. The predicted molar refractivity (Wildman–Crippen MR) is 72.5 cm³/mol. The van der Waals surface area contributed by atoms with Gasteiger partial charge in [0.05, 0.1) is 13.2 Å². The first kappa shape index (κ1) is 14.8. The maximum absolute atomic E-state index is 11.3. The number of rotatable bonds is 4. The monoisotopic (exact) mass is 266 g/mol. The van der Waals surface area contributed by atoms with E-state index in [2.05, 4.69) is 10.6 Å². The van der Waals surface area contributed by atoms with E-state index in [1.807, 2.05) is 6.92 Å². The van der Waals surface area contributed by atoms with Gasteiger partial charge >= 0.3 is 12.2 Å². The molecule has 0 aliphatic rings. The summed E-state index contributed by atoms with van der Waals surface area (Å²) in [7, 11) is 0. The van der Waals surface area contributed by atoms with Gasteiger partial charge in [0.15, 0.2) is 0 Å². The Balaban J connectivity index is 2.69. The Labute approximate surface area is 112 Å². The van der Waals surface area contributed by atoms with Crippen LogP contribution in [0.4, 0.5) is 21.0 Å². The summed E-state index contributed by atoms with van der Waals surface area (Å²) < 4.78 is 9.56. The molecule has 6 nitrogen and oxygen atoms in total. The first-order valence-electron chi connectivity index (χ1n) is 6.05. The molecular formula is C13H18N2O4. The van der Waals surface area contributed by atoms with E-state index < -0.39 is 12.2 Å². The van der Waals surface area contributed by atoms with E-state index in [4.69, 9.17) is 9.47 Å². The zero-order valence-corrected chi connectivity index (χ0v) is 11.3. The Morgan fingerprint density at radius 3 is 2.16 bits per heavy atom. The van der Waals surface area contributed by atoms with E-state index in [-0.39, 0.29) is 0 Å². The van der Waals surface area contributed by atoms with Crippen LogP contribution in [0.15, 0.2) is 18.2 Å². The van der Waals surface area contributed by atoms with Gasteiger partial charge in [0.1, 0.15) is 0 Å². The summed E-state index contributed by atoms with van der Waals surface area (Å²) in [4.78, 5) is 22.5. The van der Waals surface area contributed by atoms with Crippen molar-refractivity contribution >= 4 is 23.6 Å². The first-order chi connectivity index (χ1) is 9.06. The van der Waals surface area contributed by atoms with Gasteiger partial charge in [0.2, 0.25) is 0 Å². The Morgan fingerprint density at radius 2 is 1.63 bits per heavy atom. The average molecular weight is 266 g/mol. The number of benzene rings is 1. The fourth-order valence-electron chi connectivity index (χ4n) is 1.44. The lowest BCUT2D eigenvalue weighted by Crippen LogP contribution is -2.15. The molecule has 0 saturated heterocycles. The molecular weight excluding hydrogens is 248 g/mol. The second-order valence-electron chi connectivity index (χ2n) is 3.72. The minimum Gasteiger partial charge on any atom is -0.450 e. The van der Waals surface area contributed by atoms with E-state index in [0.717, 1.165) is 5.56 Å². The van der Waals surface area contributed by atoms with Crippen LogP contribution >= 0.6 is 0 Å². The van der Waals surface area contributed by atoms with Gasteiger partial charge in [-0.3, -0.25) is 10.6 Å². The molecule has 19 heavy (non-hydrogen) atoms. The van der Waals surface area contributed by atoms with Crippen LogP contribution in [-0.2, 0) is 9.47 Å².